The van der Waals surface area contributed by atoms with Gasteiger partial charge in [0.05, 0.1) is 0 Å². The van der Waals surface area contributed by atoms with Gasteiger partial charge >= 0.3 is 0 Å². The van der Waals surface area contributed by atoms with E-state index in [4.69, 9.17) is 0 Å². The molecule has 4 rings (SSSR count). The van der Waals surface area contributed by atoms with Gasteiger partial charge in [-0.1, -0.05) is 18.2 Å². The fraction of sp³-hybridized carbons (Fsp3) is 0.529. The molecule has 2 unspecified atom stereocenters. The highest BCUT2D eigenvalue weighted by molar-refractivity contribution is 7.17. The van der Waals surface area contributed by atoms with Gasteiger partial charge in [-0.05, 0) is 48.1 Å². The van der Waals surface area contributed by atoms with Gasteiger partial charge in [-0.3, -0.25) is 4.90 Å². The Hall–Kier alpha value is -0.900. The van der Waals surface area contributed by atoms with Crippen LogP contribution in [-0.4, -0.2) is 30.1 Å². The summed E-state index contributed by atoms with van der Waals surface area (Å²) in [5.41, 5.74) is 1.51. The molecule has 2 heterocycles. The van der Waals surface area contributed by atoms with Crippen molar-refractivity contribution in [2.75, 3.05) is 13.1 Å². The monoisotopic (exact) mass is 286 g/mol. The fourth-order valence-corrected chi connectivity index (χ4v) is 4.31. The van der Waals surface area contributed by atoms with E-state index in [1.165, 1.54) is 35.0 Å². The molecule has 20 heavy (non-hydrogen) atoms. The van der Waals surface area contributed by atoms with E-state index in [2.05, 4.69) is 46.8 Å². The summed E-state index contributed by atoms with van der Waals surface area (Å²) >= 11 is 1.88. The zero-order chi connectivity index (χ0) is 13.5. The van der Waals surface area contributed by atoms with Crippen LogP contribution in [0.1, 0.15) is 25.3 Å². The number of nitrogens with zero attached hydrogens (tertiary/aromatic N) is 1. The predicted octanol–water partition coefficient (Wildman–Crippen LogP) is 3.47. The minimum absolute atomic E-state index is 0.642. The largest absolute Gasteiger partial charge is 0.311 e. The van der Waals surface area contributed by atoms with Crippen LogP contribution < -0.4 is 5.32 Å². The summed E-state index contributed by atoms with van der Waals surface area (Å²) in [6.07, 6.45) is 2.86. The van der Waals surface area contributed by atoms with Crippen LogP contribution in [0.5, 0.6) is 0 Å². The highest BCUT2D eigenvalue weighted by Crippen LogP contribution is 2.35. The van der Waals surface area contributed by atoms with E-state index < -0.39 is 0 Å². The number of hydrogen-bond donors (Lipinski definition) is 1. The Balaban J connectivity index is 1.54. The Kier molecular flexibility index (Phi) is 3.29. The molecule has 1 aliphatic carbocycles. The molecule has 1 N–H and O–H groups in total. The van der Waals surface area contributed by atoms with Gasteiger partial charge in [0.25, 0.3) is 0 Å². The van der Waals surface area contributed by atoms with Crippen molar-refractivity contribution in [1.29, 1.82) is 0 Å². The number of thiophene rings is 1. The lowest BCUT2D eigenvalue weighted by Crippen LogP contribution is -2.55. The van der Waals surface area contributed by atoms with Gasteiger partial charge < -0.3 is 5.32 Å². The van der Waals surface area contributed by atoms with Crippen LogP contribution in [0.25, 0.3) is 10.1 Å². The molecule has 2 aliphatic rings. The maximum absolute atomic E-state index is 3.74. The number of benzene rings is 1. The predicted molar refractivity (Wildman–Crippen MR) is 86.2 cm³/mol. The maximum atomic E-state index is 3.74. The summed E-state index contributed by atoms with van der Waals surface area (Å²) in [4.78, 5) is 2.67. The molecule has 0 bridgehead atoms. The molecule has 0 spiro atoms. The van der Waals surface area contributed by atoms with Crippen molar-refractivity contribution in [3.63, 3.8) is 0 Å². The average Bonchev–Trinajstić information content (AvgIpc) is 3.24. The highest BCUT2D eigenvalue weighted by Gasteiger charge is 2.36. The molecule has 106 valence electrons. The number of piperazine rings is 1. The van der Waals surface area contributed by atoms with Crippen LogP contribution in [0.4, 0.5) is 0 Å². The van der Waals surface area contributed by atoms with Gasteiger partial charge in [0.2, 0.25) is 0 Å². The van der Waals surface area contributed by atoms with Gasteiger partial charge in [-0.2, -0.15) is 0 Å². The molecule has 2 aromatic rings. The third-order valence-electron chi connectivity index (χ3n) is 4.86. The van der Waals surface area contributed by atoms with Crippen LogP contribution in [0.2, 0.25) is 0 Å². The second-order valence-corrected chi connectivity index (χ2v) is 7.30. The van der Waals surface area contributed by atoms with Crippen molar-refractivity contribution in [3.8, 4) is 0 Å². The summed E-state index contributed by atoms with van der Waals surface area (Å²) in [6.45, 7) is 5.82. The van der Waals surface area contributed by atoms with Crippen molar-refractivity contribution in [3.05, 3.63) is 35.2 Å². The van der Waals surface area contributed by atoms with E-state index in [-0.39, 0.29) is 0 Å². The maximum Gasteiger partial charge on any atom is 0.0346 e. The lowest BCUT2D eigenvalue weighted by atomic mass is 10.0. The molecule has 0 radical (unpaired) electrons. The summed E-state index contributed by atoms with van der Waals surface area (Å²) in [5, 5.41) is 7.54. The van der Waals surface area contributed by atoms with Gasteiger partial charge in [0, 0.05) is 36.4 Å². The van der Waals surface area contributed by atoms with Crippen LogP contribution >= 0.6 is 11.3 Å². The number of hydrogen-bond acceptors (Lipinski definition) is 3. The molecular weight excluding hydrogens is 264 g/mol. The van der Waals surface area contributed by atoms with Crippen molar-refractivity contribution < 1.29 is 0 Å². The first-order chi connectivity index (χ1) is 9.81. The standard InChI is InChI=1S/C17H22N2S/c1-12-8-18-16(13-6-7-13)10-19(12)9-14-11-20-17-5-3-2-4-15(14)17/h2-5,11-13,16,18H,6-10H2,1H3. The molecule has 2 atom stereocenters. The van der Waals surface area contributed by atoms with Crippen LogP contribution in [0.15, 0.2) is 29.6 Å². The molecule has 1 aliphatic heterocycles. The summed E-state index contributed by atoms with van der Waals surface area (Å²) in [5.74, 6) is 0.948. The first-order valence-corrected chi connectivity index (χ1v) is 8.62. The van der Waals surface area contributed by atoms with Gasteiger partial charge in [0.1, 0.15) is 0 Å². The Morgan fingerprint density at radius 2 is 2.15 bits per heavy atom. The molecular formula is C17H22N2S. The average molecular weight is 286 g/mol. The summed E-state index contributed by atoms with van der Waals surface area (Å²) < 4.78 is 1.42. The molecule has 1 saturated carbocycles. The van der Waals surface area contributed by atoms with Crippen molar-refractivity contribution >= 4 is 21.4 Å². The van der Waals surface area contributed by atoms with E-state index in [1.54, 1.807) is 0 Å². The smallest absolute Gasteiger partial charge is 0.0346 e. The highest BCUT2D eigenvalue weighted by atomic mass is 32.1. The molecule has 0 amide bonds. The zero-order valence-corrected chi connectivity index (χ0v) is 12.8. The first-order valence-electron chi connectivity index (χ1n) is 7.74. The Bertz CT molecular complexity index is 602. The van der Waals surface area contributed by atoms with E-state index >= 15 is 0 Å². The zero-order valence-electron chi connectivity index (χ0n) is 12.0. The Morgan fingerprint density at radius 3 is 3.00 bits per heavy atom. The van der Waals surface area contributed by atoms with Gasteiger partial charge in [-0.25, -0.2) is 0 Å². The minimum Gasteiger partial charge on any atom is -0.311 e. The van der Waals surface area contributed by atoms with Crippen molar-refractivity contribution in [1.82, 2.24) is 10.2 Å². The van der Waals surface area contributed by atoms with E-state index in [0.717, 1.165) is 25.0 Å². The molecule has 2 nitrogen and oxygen atoms in total. The van der Waals surface area contributed by atoms with Crippen molar-refractivity contribution in [2.24, 2.45) is 5.92 Å². The third kappa shape index (κ3) is 2.39. The third-order valence-corrected chi connectivity index (χ3v) is 5.87. The van der Waals surface area contributed by atoms with Crippen LogP contribution in [-0.2, 0) is 6.54 Å². The topological polar surface area (TPSA) is 15.3 Å². The number of fused-ring (bicyclic) bond motifs is 1. The summed E-state index contributed by atoms with van der Waals surface area (Å²) in [7, 11) is 0. The van der Waals surface area contributed by atoms with Crippen LogP contribution in [0.3, 0.4) is 0 Å². The second kappa shape index (κ2) is 5.14. The lowest BCUT2D eigenvalue weighted by Gasteiger charge is -2.39. The Labute approximate surface area is 124 Å². The van der Waals surface area contributed by atoms with E-state index in [1.807, 2.05) is 11.3 Å². The summed E-state index contributed by atoms with van der Waals surface area (Å²) in [6, 6.07) is 10.2. The number of nitrogens with one attached hydrogen (secondary N) is 1. The Morgan fingerprint density at radius 1 is 1.30 bits per heavy atom. The van der Waals surface area contributed by atoms with Gasteiger partial charge in [-0.15, -0.1) is 11.3 Å². The van der Waals surface area contributed by atoms with Crippen molar-refractivity contribution in [2.45, 2.75) is 38.4 Å². The quantitative estimate of drug-likeness (QED) is 0.929. The second-order valence-electron chi connectivity index (χ2n) is 6.39. The van der Waals surface area contributed by atoms with Gasteiger partial charge in [0.15, 0.2) is 0 Å². The molecule has 2 fully saturated rings. The molecule has 1 aromatic heterocycles. The lowest BCUT2D eigenvalue weighted by molar-refractivity contribution is 0.126. The normalized spacial score (nSPS) is 28.1. The molecule has 1 saturated heterocycles. The SMILES string of the molecule is CC1CNC(C2CC2)CN1Cc1csc2ccccc12. The number of rotatable bonds is 3. The fourth-order valence-electron chi connectivity index (χ4n) is 3.36. The van der Waals surface area contributed by atoms with E-state index in [9.17, 15) is 0 Å². The van der Waals surface area contributed by atoms with Crippen LogP contribution in [0, 0.1) is 5.92 Å². The minimum atomic E-state index is 0.642. The molecule has 1 aromatic carbocycles. The first kappa shape index (κ1) is 12.8. The van der Waals surface area contributed by atoms with E-state index in [0.29, 0.717) is 6.04 Å². The molecule has 3 heteroatoms.